The maximum Gasteiger partial charge on any atom is 0.336 e. The van der Waals surface area contributed by atoms with Crippen LogP contribution in [0.15, 0.2) is 0 Å². The molecule has 1 fully saturated rings. The molecule has 20 heavy (non-hydrogen) atoms. The average molecular weight is 300 g/mol. The molecule has 3 nitrogen and oxygen atoms in total. The molecule has 0 unspecified atom stereocenters. The van der Waals surface area contributed by atoms with Crippen LogP contribution in [0.4, 0.5) is 0 Å². The molecule has 4 heteroatoms. The van der Waals surface area contributed by atoms with Gasteiger partial charge in [-0.15, -0.1) is 0 Å². The number of carboxylic acid groups (broad SMARTS) is 1. The van der Waals surface area contributed by atoms with Gasteiger partial charge in [-0.2, -0.15) is 0 Å². The summed E-state index contributed by atoms with van der Waals surface area (Å²) < 4.78 is 6.16. The predicted molar refractivity (Wildman–Crippen MR) is 87.2 cm³/mol. The third kappa shape index (κ3) is 6.16. The standard InChI is InChI=1S/C16H30O3.Al.3H/c1-12(2)10-16(15(17)18,11-13(3)4)19-14-8-6-5-7-9-14;;;;/h12-14H,5-11H2,1-4H3,(H,17,18);;;;. The van der Waals surface area contributed by atoms with Crippen molar-refractivity contribution in [2.75, 3.05) is 0 Å². The number of ether oxygens (including phenoxy) is 1. The Labute approximate surface area is 134 Å². The van der Waals surface area contributed by atoms with Crippen molar-refractivity contribution in [3.63, 3.8) is 0 Å². The summed E-state index contributed by atoms with van der Waals surface area (Å²) in [5.41, 5.74) is -0.982. The lowest BCUT2D eigenvalue weighted by atomic mass is 9.84. The molecular formula is C16H33AlO3. The van der Waals surface area contributed by atoms with Crippen LogP contribution in [-0.4, -0.2) is 40.1 Å². The smallest absolute Gasteiger partial charge is 0.336 e. The molecule has 0 spiro atoms. The highest BCUT2D eigenvalue weighted by Crippen LogP contribution is 2.34. The zero-order valence-electron chi connectivity index (χ0n) is 12.9. The van der Waals surface area contributed by atoms with Gasteiger partial charge in [-0.3, -0.25) is 0 Å². The number of hydrogen-bond acceptors (Lipinski definition) is 2. The molecule has 0 amide bonds. The van der Waals surface area contributed by atoms with E-state index in [4.69, 9.17) is 4.74 Å². The van der Waals surface area contributed by atoms with Gasteiger partial charge < -0.3 is 9.84 Å². The Kier molecular flexibility index (Phi) is 9.06. The van der Waals surface area contributed by atoms with E-state index in [1.165, 1.54) is 19.3 Å². The minimum absolute atomic E-state index is 0. The van der Waals surface area contributed by atoms with Gasteiger partial charge in [0.1, 0.15) is 0 Å². The monoisotopic (exact) mass is 300 g/mol. The number of aliphatic carboxylic acids is 1. The summed E-state index contributed by atoms with van der Waals surface area (Å²) in [7, 11) is 0. The number of carboxylic acids is 1. The maximum atomic E-state index is 11.8. The Morgan fingerprint density at radius 2 is 1.55 bits per heavy atom. The van der Waals surface area contributed by atoms with Crippen LogP contribution in [0, 0.1) is 11.8 Å². The lowest BCUT2D eigenvalue weighted by Crippen LogP contribution is -2.47. The van der Waals surface area contributed by atoms with Gasteiger partial charge in [0.2, 0.25) is 0 Å². The summed E-state index contributed by atoms with van der Waals surface area (Å²) in [6.07, 6.45) is 6.99. The number of rotatable bonds is 7. The van der Waals surface area contributed by atoms with E-state index < -0.39 is 11.6 Å². The van der Waals surface area contributed by atoms with E-state index >= 15 is 0 Å². The van der Waals surface area contributed by atoms with E-state index in [1.807, 2.05) is 0 Å². The second kappa shape index (κ2) is 9.08. The Hall–Kier alpha value is -0.0375. The zero-order valence-corrected chi connectivity index (χ0v) is 12.9. The Bertz CT molecular complexity index is 273. The minimum atomic E-state index is -0.982. The van der Waals surface area contributed by atoms with Crippen molar-refractivity contribution < 1.29 is 14.6 Å². The summed E-state index contributed by atoms with van der Waals surface area (Å²) in [5.74, 6) is -0.114. The molecule has 1 rings (SSSR count). The van der Waals surface area contributed by atoms with Gasteiger partial charge in [0.05, 0.1) is 6.10 Å². The van der Waals surface area contributed by atoms with E-state index in [1.54, 1.807) is 0 Å². The van der Waals surface area contributed by atoms with E-state index in [0.717, 1.165) is 12.8 Å². The molecular weight excluding hydrogens is 267 g/mol. The fourth-order valence-corrected chi connectivity index (χ4v) is 3.23. The van der Waals surface area contributed by atoms with Crippen molar-refractivity contribution in [1.29, 1.82) is 0 Å². The first kappa shape index (κ1) is 20.0. The van der Waals surface area contributed by atoms with Crippen molar-refractivity contribution in [3.05, 3.63) is 0 Å². The fourth-order valence-electron chi connectivity index (χ4n) is 3.23. The van der Waals surface area contributed by atoms with Crippen molar-refractivity contribution in [2.45, 2.75) is 84.3 Å². The molecule has 0 radical (unpaired) electrons. The van der Waals surface area contributed by atoms with Crippen LogP contribution in [0.25, 0.3) is 0 Å². The van der Waals surface area contributed by atoms with Gasteiger partial charge in [0.25, 0.3) is 0 Å². The first-order valence-corrected chi connectivity index (χ1v) is 7.77. The highest BCUT2D eigenvalue weighted by Gasteiger charge is 2.42. The zero-order chi connectivity index (χ0) is 14.5. The van der Waals surface area contributed by atoms with Gasteiger partial charge in [-0.05, 0) is 37.5 Å². The molecule has 0 heterocycles. The van der Waals surface area contributed by atoms with Gasteiger partial charge in [0, 0.05) is 0 Å². The van der Waals surface area contributed by atoms with Gasteiger partial charge in [0.15, 0.2) is 23.0 Å². The molecule has 0 bridgehead atoms. The second-order valence-electron chi connectivity index (χ2n) is 6.87. The van der Waals surface area contributed by atoms with Crippen molar-refractivity contribution >= 4 is 23.3 Å². The van der Waals surface area contributed by atoms with E-state index in [-0.39, 0.29) is 23.5 Å². The SMILES string of the molecule is CC(C)CC(CC(C)C)(OC1CCCCC1)C(=O)O.[AlH3]. The third-order valence-electron chi connectivity index (χ3n) is 3.81. The largest absolute Gasteiger partial charge is 0.479 e. The molecule has 0 saturated heterocycles. The highest BCUT2D eigenvalue weighted by molar-refractivity contribution is 5.77. The fraction of sp³-hybridized carbons (Fsp3) is 0.938. The first-order valence-electron chi connectivity index (χ1n) is 7.77. The predicted octanol–water partition coefficient (Wildman–Crippen LogP) is 3.07. The Morgan fingerprint density at radius 1 is 1.10 bits per heavy atom. The van der Waals surface area contributed by atoms with Crippen LogP contribution in [-0.2, 0) is 9.53 Å². The minimum Gasteiger partial charge on any atom is -0.479 e. The summed E-state index contributed by atoms with van der Waals surface area (Å²) >= 11 is 0. The van der Waals surface area contributed by atoms with E-state index in [9.17, 15) is 9.90 Å². The van der Waals surface area contributed by atoms with Crippen molar-refractivity contribution in [3.8, 4) is 0 Å². The normalized spacial score (nSPS) is 17.3. The summed E-state index contributed by atoms with van der Waals surface area (Å²) in [6.45, 7) is 8.29. The topological polar surface area (TPSA) is 46.5 Å². The number of hydrogen-bond donors (Lipinski definition) is 1. The molecule has 1 aliphatic rings. The molecule has 0 aromatic carbocycles. The molecule has 0 aromatic heterocycles. The quantitative estimate of drug-likeness (QED) is 0.735. The Balaban J connectivity index is 0.00000361. The lowest BCUT2D eigenvalue weighted by molar-refractivity contribution is -0.183. The van der Waals surface area contributed by atoms with Crippen LogP contribution in [0.5, 0.6) is 0 Å². The maximum absolute atomic E-state index is 11.8. The van der Waals surface area contributed by atoms with Crippen LogP contribution >= 0.6 is 0 Å². The molecule has 1 N–H and O–H groups in total. The van der Waals surface area contributed by atoms with E-state index in [2.05, 4.69) is 27.7 Å². The highest BCUT2D eigenvalue weighted by atomic mass is 27.0. The van der Waals surface area contributed by atoms with Gasteiger partial charge in [-0.1, -0.05) is 47.0 Å². The number of carbonyl (C=O) groups is 1. The average Bonchev–Trinajstić information content (AvgIpc) is 2.27. The molecule has 0 aliphatic heterocycles. The van der Waals surface area contributed by atoms with Crippen LogP contribution in [0.2, 0.25) is 0 Å². The molecule has 1 saturated carbocycles. The van der Waals surface area contributed by atoms with Crippen LogP contribution in [0.3, 0.4) is 0 Å². The van der Waals surface area contributed by atoms with Gasteiger partial charge in [-0.25, -0.2) is 4.79 Å². The molecule has 118 valence electrons. The van der Waals surface area contributed by atoms with E-state index in [0.29, 0.717) is 24.7 Å². The van der Waals surface area contributed by atoms with Crippen LogP contribution < -0.4 is 0 Å². The van der Waals surface area contributed by atoms with Crippen molar-refractivity contribution in [1.82, 2.24) is 0 Å². The molecule has 0 aromatic rings. The van der Waals surface area contributed by atoms with Crippen LogP contribution in [0.1, 0.15) is 72.6 Å². The molecule has 0 atom stereocenters. The summed E-state index contributed by atoms with van der Waals surface area (Å²) in [4.78, 5) is 11.8. The lowest BCUT2D eigenvalue weighted by Gasteiger charge is -2.37. The summed E-state index contributed by atoms with van der Waals surface area (Å²) in [5, 5.41) is 9.73. The first-order chi connectivity index (χ1) is 8.85. The summed E-state index contributed by atoms with van der Waals surface area (Å²) in [6, 6.07) is 0. The van der Waals surface area contributed by atoms with Gasteiger partial charge >= 0.3 is 5.97 Å². The Morgan fingerprint density at radius 3 is 1.90 bits per heavy atom. The molecule has 1 aliphatic carbocycles. The van der Waals surface area contributed by atoms with Crippen molar-refractivity contribution in [2.24, 2.45) is 11.8 Å². The third-order valence-corrected chi connectivity index (χ3v) is 3.81. The second-order valence-corrected chi connectivity index (χ2v) is 6.87.